The van der Waals surface area contributed by atoms with Crippen molar-refractivity contribution in [2.75, 3.05) is 43.6 Å². The quantitative estimate of drug-likeness (QED) is 0.573. The third kappa shape index (κ3) is 5.34. The van der Waals surface area contributed by atoms with Gasteiger partial charge in [-0.2, -0.15) is 0 Å². The second kappa shape index (κ2) is 9.69. The van der Waals surface area contributed by atoms with Gasteiger partial charge in [-0.25, -0.2) is 4.79 Å². The van der Waals surface area contributed by atoms with Gasteiger partial charge in [0.1, 0.15) is 0 Å². The molecule has 2 aromatic rings. The number of amides is 1. The molecule has 0 aromatic heterocycles. The van der Waals surface area contributed by atoms with E-state index in [0.717, 1.165) is 16.8 Å². The molecule has 0 aliphatic carbocycles. The number of hydrogen-bond acceptors (Lipinski definition) is 6. The van der Waals surface area contributed by atoms with Gasteiger partial charge in [-0.05, 0) is 56.4 Å². The van der Waals surface area contributed by atoms with Gasteiger partial charge >= 0.3 is 5.97 Å². The topological polar surface area (TPSA) is 79.9 Å². The van der Waals surface area contributed by atoms with Gasteiger partial charge in [0, 0.05) is 24.3 Å². The van der Waals surface area contributed by atoms with Crippen LogP contribution in [0.2, 0.25) is 0 Å². The van der Waals surface area contributed by atoms with Crippen LogP contribution < -0.4 is 15.5 Å². The Bertz CT molecular complexity index is 951. The Balaban J connectivity index is 1.74. The summed E-state index contributed by atoms with van der Waals surface area (Å²) in [5.41, 5.74) is 4.32. The molecule has 0 radical (unpaired) electrons. The molecule has 1 amide bonds. The number of carbonyl (C=O) groups is 2. The first-order chi connectivity index (χ1) is 14.4. The Labute approximate surface area is 181 Å². The van der Waals surface area contributed by atoms with Gasteiger partial charge in [0.05, 0.1) is 31.6 Å². The van der Waals surface area contributed by atoms with Crippen LogP contribution in [0, 0.1) is 13.8 Å². The fourth-order valence-corrected chi connectivity index (χ4v) is 3.62. The van der Waals surface area contributed by atoms with Crippen molar-refractivity contribution >= 4 is 40.6 Å². The minimum Gasteiger partial charge on any atom is -0.465 e. The van der Waals surface area contributed by atoms with Gasteiger partial charge in [0.25, 0.3) is 5.91 Å². The summed E-state index contributed by atoms with van der Waals surface area (Å²) < 4.78 is 10.3. The maximum Gasteiger partial charge on any atom is 0.340 e. The van der Waals surface area contributed by atoms with E-state index < -0.39 is 5.97 Å². The molecule has 8 heteroatoms. The number of methoxy groups -OCH3 is 1. The highest BCUT2D eigenvalue weighted by Gasteiger charge is 2.20. The number of carbonyl (C=O) groups excluding carboxylic acids is 2. The van der Waals surface area contributed by atoms with Crippen LogP contribution in [0.5, 0.6) is 0 Å². The zero-order valence-electron chi connectivity index (χ0n) is 17.3. The Morgan fingerprint density at radius 1 is 1.07 bits per heavy atom. The molecular formula is C22H25N3O4S. The van der Waals surface area contributed by atoms with Crippen molar-refractivity contribution < 1.29 is 19.1 Å². The lowest BCUT2D eigenvalue weighted by Gasteiger charge is -2.30. The van der Waals surface area contributed by atoms with Gasteiger partial charge in [-0.15, -0.1) is 0 Å². The summed E-state index contributed by atoms with van der Waals surface area (Å²) in [7, 11) is 1.35. The molecule has 7 nitrogen and oxygen atoms in total. The number of nitrogens with one attached hydrogen (secondary N) is 2. The number of esters is 1. The molecule has 1 saturated heterocycles. The summed E-state index contributed by atoms with van der Waals surface area (Å²) >= 11 is 5.29. The fourth-order valence-electron chi connectivity index (χ4n) is 3.41. The van der Waals surface area contributed by atoms with Crippen LogP contribution in [0.15, 0.2) is 36.4 Å². The molecule has 1 fully saturated rings. The molecule has 2 aromatic carbocycles. The maximum atomic E-state index is 12.5. The Morgan fingerprint density at radius 2 is 1.73 bits per heavy atom. The third-order valence-corrected chi connectivity index (χ3v) is 4.93. The molecule has 0 atom stereocenters. The van der Waals surface area contributed by atoms with Crippen molar-refractivity contribution in [2.24, 2.45) is 0 Å². The van der Waals surface area contributed by atoms with Crippen LogP contribution in [0.25, 0.3) is 0 Å². The summed E-state index contributed by atoms with van der Waals surface area (Å²) in [6, 6.07) is 10.9. The summed E-state index contributed by atoms with van der Waals surface area (Å²) in [6.45, 7) is 6.47. The molecule has 1 aliphatic rings. The zero-order chi connectivity index (χ0) is 21.7. The van der Waals surface area contributed by atoms with Gasteiger partial charge in [-0.3, -0.25) is 10.1 Å². The monoisotopic (exact) mass is 427 g/mol. The van der Waals surface area contributed by atoms with E-state index in [1.807, 2.05) is 32.0 Å². The van der Waals surface area contributed by atoms with Crippen LogP contribution in [0.1, 0.15) is 31.8 Å². The largest absolute Gasteiger partial charge is 0.465 e. The van der Waals surface area contributed by atoms with Crippen LogP contribution in [-0.4, -0.2) is 50.4 Å². The van der Waals surface area contributed by atoms with E-state index in [1.165, 1.54) is 7.11 Å². The highest BCUT2D eigenvalue weighted by atomic mass is 32.1. The van der Waals surface area contributed by atoms with Crippen molar-refractivity contribution in [3.8, 4) is 0 Å². The number of ether oxygens (including phenoxy) is 2. The zero-order valence-corrected chi connectivity index (χ0v) is 18.1. The molecule has 0 unspecified atom stereocenters. The molecule has 30 heavy (non-hydrogen) atoms. The molecular weight excluding hydrogens is 402 g/mol. The van der Waals surface area contributed by atoms with E-state index in [0.29, 0.717) is 43.1 Å². The Morgan fingerprint density at radius 3 is 2.37 bits per heavy atom. The summed E-state index contributed by atoms with van der Waals surface area (Å²) in [6.07, 6.45) is 0. The average Bonchev–Trinajstić information content (AvgIpc) is 2.73. The fraction of sp³-hybridized carbons (Fsp3) is 0.318. The van der Waals surface area contributed by atoms with E-state index in [9.17, 15) is 9.59 Å². The second-order valence-corrected chi connectivity index (χ2v) is 7.52. The number of aryl methyl sites for hydroxylation is 2. The number of nitrogens with zero attached hydrogens (tertiary/aromatic N) is 1. The van der Waals surface area contributed by atoms with Gasteiger partial charge in [-0.1, -0.05) is 17.2 Å². The summed E-state index contributed by atoms with van der Waals surface area (Å²) in [4.78, 5) is 26.9. The average molecular weight is 428 g/mol. The lowest BCUT2D eigenvalue weighted by atomic mass is 10.1. The molecule has 2 N–H and O–H groups in total. The summed E-state index contributed by atoms with van der Waals surface area (Å²) in [5.74, 6) is -0.734. The van der Waals surface area contributed by atoms with E-state index >= 15 is 0 Å². The first-order valence-corrected chi connectivity index (χ1v) is 10.0. The molecule has 0 bridgehead atoms. The van der Waals surface area contributed by atoms with Crippen LogP contribution in [0.4, 0.5) is 11.4 Å². The minimum absolute atomic E-state index is 0.147. The number of thiocarbonyl (C=S) groups is 1. The van der Waals surface area contributed by atoms with Crippen LogP contribution in [0.3, 0.4) is 0 Å². The second-order valence-electron chi connectivity index (χ2n) is 7.11. The van der Waals surface area contributed by atoms with Crippen molar-refractivity contribution in [1.29, 1.82) is 0 Å². The smallest absolute Gasteiger partial charge is 0.340 e. The highest BCUT2D eigenvalue weighted by molar-refractivity contribution is 7.80. The summed E-state index contributed by atoms with van der Waals surface area (Å²) in [5, 5.41) is 5.80. The number of morpholine rings is 1. The van der Waals surface area contributed by atoms with Crippen LogP contribution >= 0.6 is 12.2 Å². The predicted octanol–water partition coefficient (Wildman–Crippen LogP) is 3.05. The number of anilines is 2. The van der Waals surface area contributed by atoms with Crippen molar-refractivity contribution in [3.05, 3.63) is 58.7 Å². The van der Waals surface area contributed by atoms with Crippen LogP contribution in [-0.2, 0) is 9.47 Å². The SMILES string of the molecule is COC(=O)c1cc(NC(=S)NC(=O)c2cc(C)cc(C)c2)ccc1N1CCOCC1. The van der Waals surface area contributed by atoms with Gasteiger partial charge in [0.15, 0.2) is 5.11 Å². The molecule has 158 valence electrons. The maximum absolute atomic E-state index is 12.5. The number of rotatable bonds is 4. The molecule has 0 spiro atoms. The molecule has 1 heterocycles. The number of hydrogen-bond donors (Lipinski definition) is 2. The van der Waals surface area contributed by atoms with E-state index in [2.05, 4.69) is 15.5 Å². The van der Waals surface area contributed by atoms with Crippen molar-refractivity contribution in [3.63, 3.8) is 0 Å². The third-order valence-electron chi connectivity index (χ3n) is 4.72. The predicted molar refractivity (Wildman–Crippen MR) is 120 cm³/mol. The van der Waals surface area contributed by atoms with E-state index in [1.54, 1.807) is 18.2 Å². The van der Waals surface area contributed by atoms with E-state index in [4.69, 9.17) is 21.7 Å². The Hall–Kier alpha value is -2.97. The molecule has 1 aliphatic heterocycles. The normalized spacial score (nSPS) is 13.5. The first-order valence-electron chi connectivity index (χ1n) is 9.63. The minimum atomic E-state index is -0.440. The lowest BCUT2D eigenvalue weighted by molar-refractivity contribution is 0.0600. The number of benzene rings is 2. The molecule has 3 rings (SSSR count). The van der Waals surface area contributed by atoms with E-state index in [-0.39, 0.29) is 11.0 Å². The van der Waals surface area contributed by atoms with Crippen molar-refractivity contribution in [2.45, 2.75) is 13.8 Å². The highest BCUT2D eigenvalue weighted by Crippen LogP contribution is 2.26. The lowest BCUT2D eigenvalue weighted by Crippen LogP contribution is -2.37. The molecule has 0 saturated carbocycles. The first kappa shape index (κ1) is 21.7. The standard InChI is InChI=1S/C22H25N3O4S/c1-14-10-15(2)12-16(11-14)20(26)24-22(30)23-17-4-5-19(18(13-17)21(27)28-3)25-6-8-29-9-7-25/h4-5,10-13H,6-9H2,1-3H3,(H2,23,24,26,30). The van der Waals surface area contributed by atoms with Gasteiger partial charge < -0.3 is 19.7 Å². The van der Waals surface area contributed by atoms with Crippen molar-refractivity contribution in [1.82, 2.24) is 5.32 Å². The Kier molecular flexibility index (Phi) is 7.02. The van der Waals surface area contributed by atoms with Gasteiger partial charge in [0.2, 0.25) is 0 Å².